The first-order chi connectivity index (χ1) is 16.5. The number of nitro groups is 1. The highest BCUT2D eigenvalue weighted by Crippen LogP contribution is 2.26. The van der Waals surface area contributed by atoms with Gasteiger partial charge in [-0.1, -0.05) is 15.9 Å². The van der Waals surface area contributed by atoms with Crippen molar-refractivity contribution in [3.63, 3.8) is 0 Å². The van der Waals surface area contributed by atoms with Crippen LogP contribution < -0.4 is 10.7 Å². The maximum absolute atomic E-state index is 10.8. The summed E-state index contributed by atoms with van der Waals surface area (Å²) >= 11 is 3.40. The minimum atomic E-state index is -0.453. The molecule has 13 heteroatoms. The zero-order chi connectivity index (χ0) is 23.5. The molecule has 0 aliphatic rings. The van der Waals surface area contributed by atoms with Crippen LogP contribution in [0.2, 0.25) is 0 Å². The number of anilines is 3. The molecule has 0 bridgehead atoms. The first-order valence-corrected chi connectivity index (χ1v) is 10.5. The third-order valence-electron chi connectivity index (χ3n) is 4.57. The molecule has 0 unspecified atom stereocenters. The van der Waals surface area contributed by atoms with Gasteiger partial charge in [-0.05, 0) is 58.8 Å². The van der Waals surface area contributed by atoms with Crippen LogP contribution in [-0.2, 0) is 0 Å². The van der Waals surface area contributed by atoms with Crippen molar-refractivity contribution < 1.29 is 14.0 Å². The van der Waals surface area contributed by atoms with Gasteiger partial charge in [0.25, 0.3) is 5.69 Å². The lowest BCUT2D eigenvalue weighted by Gasteiger charge is -2.09. The smallest absolute Gasteiger partial charge is 0.269 e. The van der Waals surface area contributed by atoms with Gasteiger partial charge in [0.1, 0.15) is 11.5 Å². The number of hydrazone groups is 1. The number of non-ortho nitro benzene ring substituents is 1. The van der Waals surface area contributed by atoms with Gasteiger partial charge in [0, 0.05) is 27.9 Å². The van der Waals surface area contributed by atoms with E-state index in [1.807, 2.05) is 24.3 Å². The number of rotatable bonds is 7. The number of hydrogen-bond donors (Lipinski definition) is 2. The quantitative estimate of drug-likeness (QED) is 0.167. The molecule has 34 heavy (non-hydrogen) atoms. The van der Waals surface area contributed by atoms with Gasteiger partial charge < -0.3 is 9.73 Å². The summed E-state index contributed by atoms with van der Waals surface area (Å²) in [5, 5.41) is 25.6. The molecule has 3 heterocycles. The van der Waals surface area contributed by atoms with Crippen molar-refractivity contribution in [1.29, 1.82) is 0 Å². The molecule has 0 aliphatic carbocycles. The van der Waals surface area contributed by atoms with E-state index in [0.29, 0.717) is 28.7 Å². The maximum atomic E-state index is 10.8. The average molecular weight is 521 g/mol. The van der Waals surface area contributed by atoms with Crippen molar-refractivity contribution in [2.24, 2.45) is 5.10 Å². The summed E-state index contributed by atoms with van der Waals surface area (Å²) in [6, 6.07) is 17.0. The van der Waals surface area contributed by atoms with Crippen molar-refractivity contribution in [1.82, 2.24) is 20.3 Å². The molecule has 0 radical (unpaired) electrons. The molecular formula is C21H13BrN8O4. The van der Waals surface area contributed by atoms with E-state index in [0.717, 1.165) is 10.2 Å². The van der Waals surface area contributed by atoms with Gasteiger partial charge in [-0.2, -0.15) is 10.1 Å². The van der Waals surface area contributed by atoms with E-state index in [4.69, 9.17) is 9.05 Å². The van der Waals surface area contributed by atoms with Crippen molar-refractivity contribution in [3.8, 4) is 11.3 Å². The molecule has 2 N–H and O–H groups in total. The monoisotopic (exact) mass is 520 g/mol. The van der Waals surface area contributed by atoms with Gasteiger partial charge >= 0.3 is 0 Å². The molecule has 0 saturated heterocycles. The molecule has 0 saturated carbocycles. The molecular weight excluding hydrogens is 508 g/mol. The summed E-state index contributed by atoms with van der Waals surface area (Å²) in [6.07, 6.45) is 1.46. The molecule has 5 rings (SSSR count). The van der Waals surface area contributed by atoms with E-state index in [1.165, 1.54) is 18.3 Å². The third-order valence-corrected chi connectivity index (χ3v) is 5.10. The molecule has 2 aromatic carbocycles. The van der Waals surface area contributed by atoms with Crippen LogP contribution in [-0.4, -0.2) is 31.4 Å². The summed E-state index contributed by atoms with van der Waals surface area (Å²) < 4.78 is 11.4. The molecule has 168 valence electrons. The summed E-state index contributed by atoms with van der Waals surface area (Å²) in [5.74, 6) is 1.67. The first-order valence-electron chi connectivity index (χ1n) is 9.72. The highest BCUT2D eigenvalue weighted by atomic mass is 79.9. The lowest BCUT2D eigenvalue weighted by molar-refractivity contribution is -0.384. The Morgan fingerprint density at radius 1 is 0.941 bits per heavy atom. The van der Waals surface area contributed by atoms with Crippen molar-refractivity contribution >= 4 is 56.4 Å². The Bertz CT molecular complexity index is 1500. The van der Waals surface area contributed by atoms with Crippen LogP contribution in [0.4, 0.5) is 23.0 Å². The topological polar surface area (TPSA) is 157 Å². The minimum Gasteiger partial charge on any atom is -0.455 e. The fourth-order valence-electron chi connectivity index (χ4n) is 2.95. The fourth-order valence-corrected chi connectivity index (χ4v) is 3.22. The van der Waals surface area contributed by atoms with Gasteiger partial charge in [-0.25, -0.2) is 9.61 Å². The van der Waals surface area contributed by atoms with Gasteiger partial charge in [0.05, 0.1) is 11.1 Å². The number of nitrogens with zero attached hydrogens (tertiary/aromatic N) is 6. The largest absolute Gasteiger partial charge is 0.455 e. The van der Waals surface area contributed by atoms with Crippen LogP contribution in [0.15, 0.2) is 79.3 Å². The Labute approximate surface area is 199 Å². The molecule has 0 atom stereocenters. The van der Waals surface area contributed by atoms with Crippen molar-refractivity contribution in [2.45, 2.75) is 0 Å². The first kappa shape index (κ1) is 21.2. The zero-order valence-corrected chi connectivity index (χ0v) is 18.6. The van der Waals surface area contributed by atoms with E-state index in [9.17, 15) is 10.1 Å². The second-order valence-electron chi connectivity index (χ2n) is 6.84. The molecule has 0 spiro atoms. The zero-order valence-electron chi connectivity index (χ0n) is 17.0. The Morgan fingerprint density at radius 3 is 2.35 bits per heavy atom. The number of nitrogens with one attached hydrogen (secondary N) is 2. The van der Waals surface area contributed by atoms with E-state index < -0.39 is 4.92 Å². The predicted octanol–water partition coefficient (Wildman–Crippen LogP) is 5.13. The molecule has 5 aromatic rings. The van der Waals surface area contributed by atoms with E-state index in [2.05, 4.69) is 52.1 Å². The number of furan rings is 1. The third kappa shape index (κ3) is 4.59. The SMILES string of the molecule is O=[N+]([O-])c1ccc(-c2ccc(/C=N/Nc3nc4nonc4nc3Nc3ccc(Br)cc3)o2)cc1. The number of hydrogen-bond acceptors (Lipinski definition) is 11. The van der Waals surface area contributed by atoms with Crippen LogP contribution in [0.25, 0.3) is 22.6 Å². The average Bonchev–Trinajstić information content (AvgIpc) is 3.50. The van der Waals surface area contributed by atoms with Crippen LogP contribution in [0.5, 0.6) is 0 Å². The summed E-state index contributed by atoms with van der Waals surface area (Å²) in [7, 11) is 0. The second kappa shape index (κ2) is 9.07. The number of fused-ring (bicyclic) bond motifs is 1. The second-order valence-corrected chi connectivity index (χ2v) is 7.76. The normalized spacial score (nSPS) is 11.2. The predicted molar refractivity (Wildman–Crippen MR) is 127 cm³/mol. The standard InChI is InChI=1S/C21H13BrN8O4/c22-13-3-5-14(6-4-13)24-18-19(26-21-20(25-18)28-34-29-21)27-23-11-16-9-10-17(33-16)12-1-7-15(8-2-12)30(31)32/h1-11H,(H,24,25,28)(H,26,27,29)/b23-11+. The van der Waals surface area contributed by atoms with Gasteiger partial charge in [0.2, 0.25) is 11.3 Å². The van der Waals surface area contributed by atoms with Gasteiger partial charge in [0.15, 0.2) is 11.6 Å². The Kier molecular flexibility index (Phi) is 5.66. The maximum Gasteiger partial charge on any atom is 0.269 e. The van der Waals surface area contributed by atoms with Crippen LogP contribution >= 0.6 is 15.9 Å². The minimum absolute atomic E-state index is 0.00855. The number of aromatic nitrogens is 4. The van der Waals surface area contributed by atoms with Crippen molar-refractivity contribution in [3.05, 3.63) is 81.0 Å². The van der Waals surface area contributed by atoms with Crippen LogP contribution in [0, 0.1) is 10.1 Å². The highest BCUT2D eigenvalue weighted by Gasteiger charge is 2.13. The van der Waals surface area contributed by atoms with Gasteiger partial charge in [-0.3, -0.25) is 15.5 Å². The van der Waals surface area contributed by atoms with E-state index >= 15 is 0 Å². The van der Waals surface area contributed by atoms with Gasteiger partial charge in [-0.15, -0.1) is 0 Å². The van der Waals surface area contributed by atoms with Crippen molar-refractivity contribution in [2.75, 3.05) is 10.7 Å². The summed E-state index contributed by atoms with van der Waals surface area (Å²) in [4.78, 5) is 19.1. The highest BCUT2D eigenvalue weighted by molar-refractivity contribution is 9.10. The summed E-state index contributed by atoms with van der Waals surface area (Å²) in [5.41, 5.74) is 4.78. The Hall–Kier alpha value is -4.65. The fraction of sp³-hybridized carbons (Fsp3) is 0. The molecule has 0 aliphatic heterocycles. The number of halogens is 1. The molecule has 3 aromatic heterocycles. The lowest BCUT2D eigenvalue weighted by Crippen LogP contribution is -2.03. The molecule has 0 fully saturated rings. The Balaban J connectivity index is 1.35. The molecule has 0 amide bonds. The lowest BCUT2D eigenvalue weighted by atomic mass is 10.1. The number of nitro benzene ring substituents is 1. The van der Waals surface area contributed by atoms with E-state index in [1.54, 1.807) is 24.3 Å². The summed E-state index contributed by atoms with van der Waals surface area (Å²) in [6.45, 7) is 0. The van der Waals surface area contributed by atoms with E-state index in [-0.39, 0.29) is 17.0 Å². The number of benzene rings is 2. The van der Waals surface area contributed by atoms with Crippen LogP contribution in [0.3, 0.4) is 0 Å². The Morgan fingerprint density at radius 2 is 1.65 bits per heavy atom. The van der Waals surface area contributed by atoms with Crippen LogP contribution in [0.1, 0.15) is 5.76 Å². The molecule has 12 nitrogen and oxygen atoms in total.